The van der Waals surface area contributed by atoms with E-state index in [-0.39, 0.29) is 11.7 Å². The third kappa shape index (κ3) is 2.11. The van der Waals surface area contributed by atoms with Gasteiger partial charge in [-0.2, -0.15) is 0 Å². The van der Waals surface area contributed by atoms with Crippen molar-refractivity contribution in [3.05, 3.63) is 0 Å². The van der Waals surface area contributed by atoms with Crippen molar-refractivity contribution in [2.75, 3.05) is 19.6 Å². The van der Waals surface area contributed by atoms with Crippen LogP contribution in [0, 0.1) is 17.8 Å². The van der Waals surface area contributed by atoms with Gasteiger partial charge in [-0.3, -0.25) is 0 Å². The summed E-state index contributed by atoms with van der Waals surface area (Å²) in [6.45, 7) is 8.72. The van der Waals surface area contributed by atoms with Crippen LogP contribution in [0.25, 0.3) is 0 Å². The first-order valence-electron chi connectivity index (χ1n) is 7.15. The minimum atomic E-state index is -0.387. The molecule has 4 aliphatic rings. The van der Waals surface area contributed by atoms with Crippen LogP contribution in [0.5, 0.6) is 0 Å². The molecule has 4 heteroatoms. The topological polar surface area (TPSA) is 41.6 Å². The number of fused-ring (bicyclic) bond motifs is 2. The maximum Gasteiger partial charge on any atom is 0.410 e. The first-order chi connectivity index (χ1) is 8.44. The standard InChI is InChI=1S/C14H24N2O2/c1-14(2,3)18-13(17)16-7-10-9-4-5-12(15-6-9)11(10)8-16/h9-12,15H,4-8H2,1-3H3/t9-,10+,11+,12+/m0/s1. The van der Waals surface area contributed by atoms with Crippen LogP contribution in [0.3, 0.4) is 0 Å². The normalized spacial score (nSPS) is 38.7. The van der Waals surface area contributed by atoms with Crippen molar-refractivity contribution in [1.82, 2.24) is 10.2 Å². The lowest BCUT2D eigenvalue weighted by molar-refractivity contribution is 0.0283. The number of nitrogens with zero attached hydrogens (tertiary/aromatic N) is 1. The fourth-order valence-electron chi connectivity index (χ4n) is 3.89. The van der Waals surface area contributed by atoms with Crippen LogP contribution in [0.4, 0.5) is 4.79 Å². The Morgan fingerprint density at radius 1 is 1.22 bits per heavy atom. The second-order valence-corrected chi connectivity index (χ2v) is 7.07. The highest BCUT2D eigenvalue weighted by molar-refractivity contribution is 5.68. The van der Waals surface area contributed by atoms with E-state index in [4.69, 9.17) is 4.74 Å². The number of likely N-dealkylation sites (tertiary alicyclic amines) is 1. The van der Waals surface area contributed by atoms with Crippen LogP contribution >= 0.6 is 0 Å². The van der Waals surface area contributed by atoms with Crippen molar-refractivity contribution in [3.8, 4) is 0 Å². The Morgan fingerprint density at radius 2 is 1.94 bits per heavy atom. The average molecular weight is 252 g/mol. The molecule has 1 aliphatic carbocycles. The largest absolute Gasteiger partial charge is 0.444 e. The number of carbonyl (C=O) groups is 1. The van der Waals surface area contributed by atoms with E-state index in [0.29, 0.717) is 17.9 Å². The summed E-state index contributed by atoms with van der Waals surface area (Å²) in [5, 5.41) is 3.62. The van der Waals surface area contributed by atoms with E-state index in [0.717, 1.165) is 25.6 Å². The predicted molar refractivity (Wildman–Crippen MR) is 69.3 cm³/mol. The molecule has 4 atom stereocenters. The van der Waals surface area contributed by atoms with Crippen LogP contribution in [0.2, 0.25) is 0 Å². The molecule has 1 amide bonds. The highest BCUT2D eigenvalue weighted by Crippen LogP contribution is 2.43. The summed E-state index contributed by atoms with van der Waals surface area (Å²) >= 11 is 0. The Bertz CT molecular complexity index is 322. The van der Waals surface area contributed by atoms with Crippen LogP contribution in [0.15, 0.2) is 0 Å². The van der Waals surface area contributed by atoms with Crippen molar-refractivity contribution >= 4 is 6.09 Å². The SMILES string of the molecule is CC(C)(C)OC(=O)N1C[C@@H]2[C@H]3CC[C@@H](NC3)[C@@H]2C1. The Balaban J connectivity index is 1.66. The first kappa shape index (κ1) is 12.3. The van der Waals surface area contributed by atoms with E-state index in [9.17, 15) is 4.79 Å². The molecular weight excluding hydrogens is 228 g/mol. The minimum absolute atomic E-state index is 0.128. The van der Waals surface area contributed by atoms with E-state index in [1.54, 1.807) is 0 Å². The number of ether oxygens (including phenoxy) is 1. The molecule has 1 saturated carbocycles. The molecule has 0 unspecified atom stereocenters. The zero-order valence-corrected chi connectivity index (χ0v) is 11.6. The fourth-order valence-corrected chi connectivity index (χ4v) is 3.89. The quantitative estimate of drug-likeness (QED) is 0.715. The smallest absolute Gasteiger partial charge is 0.410 e. The molecule has 0 aromatic carbocycles. The minimum Gasteiger partial charge on any atom is -0.444 e. The second-order valence-electron chi connectivity index (χ2n) is 7.07. The summed E-state index contributed by atoms with van der Waals surface area (Å²) in [7, 11) is 0. The monoisotopic (exact) mass is 252 g/mol. The number of piperidine rings is 2. The van der Waals surface area contributed by atoms with Crippen molar-refractivity contribution in [2.45, 2.75) is 45.3 Å². The van der Waals surface area contributed by atoms with E-state index in [2.05, 4.69) is 5.32 Å². The maximum absolute atomic E-state index is 12.1. The van der Waals surface area contributed by atoms with Gasteiger partial charge in [0.1, 0.15) is 5.60 Å². The summed E-state index contributed by atoms with van der Waals surface area (Å²) < 4.78 is 5.49. The van der Waals surface area contributed by atoms with Crippen molar-refractivity contribution in [1.29, 1.82) is 0 Å². The van der Waals surface area contributed by atoms with Crippen molar-refractivity contribution in [2.24, 2.45) is 17.8 Å². The lowest BCUT2D eigenvalue weighted by atomic mass is 9.68. The van der Waals surface area contributed by atoms with Crippen LogP contribution in [0.1, 0.15) is 33.6 Å². The molecule has 0 aromatic rings. The van der Waals surface area contributed by atoms with Gasteiger partial charge >= 0.3 is 6.09 Å². The number of nitrogens with one attached hydrogen (secondary N) is 1. The van der Waals surface area contributed by atoms with Gasteiger partial charge in [-0.15, -0.1) is 0 Å². The molecule has 4 rings (SSSR count). The van der Waals surface area contributed by atoms with Gasteiger partial charge in [-0.25, -0.2) is 4.79 Å². The molecule has 1 N–H and O–H groups in total. The van der Waals surface area contributed by atoms with E-state index in [1.165, 1.54) is 12.8 Å². The summed E-state index contributed by atoms with van der Waals surface area (Å²) in [5.74, 6) is 2.13. The van der Waals surface area contributed by atoms with Gasteiger partial charge < -0.3 is 15.0 Å². The number of hydrogen-bond donors (Lipinski definition) is 1. The van der Waals surface area contributed by atoms with Crippen molar-refractivity contribution < 1.29 is 9.53 Å². The molecule has 4 nitrogen and oxygen atoms in total. The summed E-state index contributed by atoms with van der Waals surface area (Å²) in [5.41, 5.74) is -0.387. The molecule has 3 saturated heterocycles. The molecule has 102 valence electrons. The summed E-state index contributed by atoms with van der Waals surface area (Å²) in [4.78, 5) is 14.1. The van der Waals surface area contributed by atoms with Gasteiger partial charge in [0.2, 0.25) is 0 Å². The first-order valence-corrected chi connectivity index (χ1v) is 7.15. The molecule has 3 heterocycles. The maximum atomic E-state index is 12.1. The lowest BCUT2D eigenvalue weighted by Gasteiger charge is -2.45. The second kappa shape index (κ2) is 4.12. The Kier molecular flexibility index (Phi) is 2.81. The van der Waals surface area contributed by atoms with Gasteiger partial charge in [0.05, 0.1) is 0 Å². The lowest BCUT2D eigenvalue weighted by Crippen LogP contribution is -2.54. The molecule has 3 aliphatic heterocycles. The van der Waals surface area contributed by atoms with Gasteiger partial charge in [-0.05, 0) is 57.9 Å². The van der Waals surface area contributed by atoms with Gasteiger partial charge in [0.25, 0.3) is 0 Å². The molecule has 2 bridgehead atoms. The van der Waals surface area contributed by atoms with Gasteiger partial charge in [0, 0.05) is 19.1 Å². The third-order valence-electron chi connectivity index (χ3n) is 4.68. The van der Waals surface area contributed by atoms with E-state index >= 15 is 0 Å². The molecule has 0 spiro atoms. The third-order valence-corrected chi connectivity index (χ3v) is 4.68. The Morgan fingerprint density at radius 3 is 2.50 bits per heavy atom. The molecule has 18 heavy (non-hydrogen) atoms. The molecular formula is C14H24N2O2. The fraction of sp³-hybridized carbons (Fsp3) is 0.929. The van der Waals surface area contributed by atoms with Crippen molar-refractivity contribution in [3.63, 3.8) is 0 Å². The Hall–Kier alpha value is -0.770. The van der Waals surface area contributed by atoms with Crippen LogP contribution < -0.4 is 5.32 Å². The zero-order chi connectivity index (χ0) is 12.9. The summed E-state index contributed by atoms with van der Waals surface area (Å²) in [6.07, 6.45) is 2.49. The Labute approximate surface area is 109 Å². The molecule has 0 radical (unpaired) electrons. The van der Waals surface area contributed by atoms with E-state index in [1.807, 2.05) is 25.7 Å². The number of amides is 1. The van der Waals surface area contributed by atoms with Gasteiger partial charge in [-0.1, -0.05) is 0 Å². The predicted octanol–water partition coefficient (Wildman–Crippen LogP) is 1.85. The van der Waals surface area contributed by atoms with Gasteiger partial charge in [0.15, 0.2) is 0 Å². The number of hydrogen-bond acceptors (Lipinski definition) is 3. The summed E-state index contributed by atoms with van der Waals surface area (Å²) in [6, 6.07) is 0.632. The molecule has 4 fully saturated rings. The zero-order valence-electron chi connectivity index (χ0n) is 11.6. The van der Waals surface area contributed by atoms with Crippen LogP contribution in [-0.4, -0.2) is 42.3 Å². The highest BCUT2D eigenvalue weighted by Gasteiger charge is 2.49. The molecule has 0 aromatic heterocycles. The number of carbonyl (C=O) groups excluding carboxylic acids is 1. The average Bonchev–Trinajstić information content (AvgIpc) is 2.74. The van der Waals surface area contributed by atoms with E-state index < -0.39 is 0 Å². The number of rotatable bonds is 0. The van der Waals surface area contributed by atoms with Crippen LogP contribution in [-0.2, 0) is 4.74 Å². The highest BCUT2D eigenvalue weighted by atomic mass is 16.6.